The predicted molar refractivity (Wildman–Crippen MR) is 69.3 cm³/mol. The minimum Gasteiger partial charge on any atom is -0.387 e. The van der Waals surface area contributed by atoms with Crippen LogP contribution in [0.25, 0.3) is 0 Å². The SMILES string of the molecule is CCC(O)c1ccc(N2CCNC(=O)C2C)cn1. The molecule has 98 valence electrons. The number of aliphatic hydroxyl groups is 1. The van der Waals surface area contributed by atoms with Crippen LogP contribution in [0.5, 0.6) is 0 Å². The van der Waals surface area contributed by atoms with Crippen molar-refractivity contribution in [3.8, 4) is 0 Å². The van der Waals surface area contributed by atoms with Gasteiger partial charge in [0.25, 0.3) is 0 Å². The quantitative estimate of drug-likeness (QED) is 0.833. The molecule has 0 radical (unpaired) electrons. The smallest absolute Gasteiger partial charge is 0.242 e. The molecular formula is C13H19N3O2. The van der Waals surface area contributed by atoms with Crippen LogP contribution in [0.2, 0.25) is 0 Å². The van der Waals surface area contributed by atoms with Gasteiger partial charge < -0.3 is 15.3 Å². The number of nitrogens with one attached hydrogen (secondary N) is 1. The number of carbonyl (C=O) groups excluding carboxylic acids is 1. The normalized spacial score (nSPS) is 21.6. The van der Waals surface area contributed by atoms with E-state index in [1.54, 1.807) is 6.20 Å². The highest BCUT2D eigenvalue weighted by molar-refractivity contribution is 5.86. The molecule has 2 rings (SSSR count). The van der Waals surface area contributed by atoms with Gasteiger partial charge in [0.15, 0.2) is 0 Å². The first-order valence-electron chi connectivity index (χ1n) is 6.32. The molecule has 1 fully saturated rings. The van der Waals surface area contributed by atoms with Crippen LogP contribution in [0.4, 0.5) is 5.69 Å². The van der Waals surface area contributed by atoms with Gasteiger partial charge >= 0.3 is 0 Å². The molecule has 0 aliphatic carbocycles. The summed E-state index contributed by atoms with van der Waals surface area (Å²) in [5, 5.41) is 12.5. The summed E-state index contributed by atoms with van der Waals surface area (Å²) in [7, 11) is 0. The zero-order chi connectivity index (χ0) is 13.1. The maximum Gasteiger partial charge on any atom is 0.242 e. The van der Waals surface area contributed by atoms with E-state index in [4.69, 9.17) is 0 Å². The third-order valence-electron chi connectivity index (χ3n) is 3.33. The van der Waals surface area contributed by atoms with Crippen LogP contribution in [0.1, 0.15) is 32.1 Å². The second-order valence-electron chi connectivity index (χ2n) is 4.53. The van der Waals surface area contributed by atoms with Gasteiger partial charge in [0.05, 0.1) is 23.7 Å². The molecule has 1 aliphatic rings. The molecule has 0 spiro atoms. The van der Waals surface area contributed by atoms with Crippen LogP contribution in [0, 0.1) is 0 Å². The van der Waals surface area contributed by atoms with E-state index in [1.807, 2.05) is 30.9 Å². The minimum atomic E-state index is -0.513. The molecule has 0 bridgehead atoms. The van der Waals surface area contributed by atoms with Gasteiger partial charge in [0, 0.05) is 13.1 Å². The molecule has 1 amide bonds. The van der Waals surface area contributed by atoms with Crippen molar-refractivity contribution in [3.63, 3.8) is 0 Å². The van der Waals surface area contributed by atoms with E-state index in [9.17, 15) is 9.90 Å². The van der Waals surface area contributed by atoms with Gasteiger partial charge in [-0.25, -0.2) is 0 Å². The number of aromatic nitrogens is 1. The largest absolute Gasteiger partial charge is 0.387 e. The van der Waals surface area contributed by atoms with E-state index < -0.39 is 6.10 Å². The topological polar surface area (TPSA) is 65.5 Å². The molecule has 18 heavy (non-hydrogen) atoms. The molecular weight excluding hydrogens is 230 g/mol. The summed E-state index contributed by atoms with van der Waals surface area (Å²) in [5.41, 5.74) is 1.60. The number of amides is 1. The van der Waals surface area contributed by atoms with Gasteiger partial charge in [-0.1, -0.05) is 6.92 Å². The number of anilines is 1. The molecule has 0 aromatic carbocycles. The third-order valence-corrected chi connectivity index (χ3v) is 3.33. The molecule has 2 N–H and O–H groups in total. The number of rotatable bonds is 3. The van der Waals surface area contributed by atoms with E-state index in [1.165, 1.54) is 0 Å². The predicted octanol–water partition coefficient (Wildman–Crippen LogP) is 0.850. The standard InChI is InChI=1S/C13H19N3O2/c1-3-12(17)11-5-4-10(8-15-11)16-7-6-14-13(18)9(16)2/h4-5,8-9,12,17H,3,6-7H2,1-2H3,(H,14,18). The Kier molecular flexibility index (Phi) is 3.81. The van der Waals surface area contributed by atoms with Crippen molar-refractivity contribution in [1.82, 2.24) is 10.3 Å². The number of aliphatic hydroxyl groups excluding tert-OH is 1. The van der Waals surface area contributed by atoms with E-state index in [0.717, 1.165) is 12.2 Å². The number of nitrogens with zero attached hydrogens (tertiary/aromatic N) is 2. The Morgan fingerprint density at radius 1 is 1.61 bits per heavy atom. The van der Waals surface area contributed by atoms with Crippen LogP contribution in [-0.4, -0.2) is 35.1 Å². The highest BCUT2D eigenvalue weighted by Crippen LogP contribution is 2.20. The van der Waals surface area contributed by atoms with Gasteiger partial charge in [-0.05, 0) is 25.5 Å². The Labute approximate surface area is 107 Å². The summed E-state index contributed by atoms with van der Waals surface area (Å²) in [6.07, 6.45) is 1.86. The van der Waals surface area contributed by atoms with Crippen molar-refractivity contribution in [3.05, 3.63) is 24.0 Å². The number of hydrogen-bond donors (Lipinski definition) is 2. The molecule has 1 aliphatic heterocycles. The lowest BCUT2D eigenvalue weighted by Gasteiger charge is -2.34. The fourth-order valence-electron chi connectivity index (χ4n) is 2.11. The van der Waals surface area contributed by atoms with E-state index in [2.05, 4.69) is 10.3 Å². The van der Waals surface area contributed by atoms with E-state index in [0.29, 0.717) is 18.7 Å². The number of piperazine rings is 1. The number of pyridine rings is 1. The minimum absolute atomic E-state index is 0.0407. The van der Waals surface area contributed by atoms with Crippen molar-refractivity contribution in [2.45, 2.75) is 32.4 Å². The van der Waals surface area contributed by atoms with Crippen LogP contribution < -0.4 is 10.2 Å². The molecule has 5 heteroatoms. The van der Waals surface area contributed by atoms with Gasteiger partial charge in [-0.15, -0.1) is 0 Å². The summed E-state index contributed by atoms with van der Waals surface area (Å²) in [6.45, 7) is 5.23. The van der Waals surface area contributed by atoms with E-state index in [-0.39, 0.29) is 11.9 Å². The van der Waals surface area contributed by atoms with Crippen molar-refractivity contribution in [2.75, 3.05) is 18.0 Å². The first-order chi connectivity index (χ1) is 8.63. The molecule has 2 heterocycles. The molecule has 2 unspecified atom stereocenters. The maximum atomic E-state index is 11.6. The Morgan fingerprint density at radius 3 is 3.00 bits per heavy atom. The lowest BCUT2D eigenvalue weighted by molar-refractivity contribution is -0.122. The first kappa shape index (κ1) is 12.8. The first-order valence-corrected chi connectivity index (χ1v) is 6.32. The van der Waals surface area contributed by atoms with Crippen molar-refractivity contribution >= 4 is 11.6 Å². The summed E-state index contributed by atoms with van der Waals surface area (Å²) in [5.74, 6) is 0.0407. The zero-order valence-corrected chi connectivity index (χ0v) is 10.8. The van der Waals surface area contributed by atoms with Crippen molar-refractivity contribution in [1.29, 1.82) is 0 Å². The summed E-state index contributed by atoms with van der Waals surface area (Å²) in [6, 6.07) is 3.56. The van der Waals surface area contributed by atoms with Gasteiger partial charge in [-0.3, -0.25) is 9.78 Å². The highest BCUT2D eigenvalue weighted by Gasteiger charge is 2.25. The molecule has 0 saturated carbocycles. The van der Waals surface area contributed by atoms with Crippen LogP contribution in [0.3, 0.4) is 0 Å². The molecule has 1 aromatic rings. The zero-order valence-electron chi connectivity index (χ0n) is 10.8. The Hall–Kier alpha value is -1.62. The van der Waals surface area contributed by atoms with Crippen molar-refractivity contribution < 1.29 is 9.90 Å². The molecule has 1 saturated heterocycles. The second-order valence-corrected chi connectivity index (χ2v) is 4.53. The lowest BCUT2D eigenvalue weighted by atomic mass is 10.1. The molecule has 1 aromatic heterocycles. The second kappa shape index (κ2) is 5.35. The monoisotopic (exact) mass is 249 g/mol. The van der Waals surface area contributed by atoms with Crippen molar-refractivity contribution in [2.24, 2.45) is 0 Å². The van der Waals surface area contributed by atoms with E-state index >= 15 is 0 Å². The highest BCUT2D eigenvalue weighted by atomic mass is 16.3. The molecule has 2 atom stereocenters. The maximum absolute atomic E-state index is 11.6. The number of hydrogen-bond acceptors (Lipinski definition) is 4. The summed E-state index contributed by atoms with van der Waals surface area (Å²) in [4.78, 5) is 17.9. The van der Waals surface area contributed by atoms with Gasteiger partial charge in [0.2, 0.25) is 5.91 Å². The molecule has 5 nitrogen and oxygen atoms in total. The Morgan fingerprint density at radius 2 is 2.39 bits per heavy atom. The van der Waals surface area contributed by atoms with Crippen LogP contribution in [-0.2, 0) is 4.79 Å². The Balaban J connectivity index is 2.16. The average Bonchev–Trinajstić information content (AvgIpc) is 2.41. The summed E-state index contributed by atoms with van der Waals surface area (Å²) < 4.78 is 0. The number of carbonyl (C=O) groups is 1. The lowest BCUT2D eigenvalue weighted by Crippen LogP contribution is -2.54. The summed E-state index contributed by atoms with van der Waals surface area (Å²) >= 11 is 0. The fraction of sp³-hybridized carbons (Fsp3) is 0.538. The van der Waals surface area contributed by atoms with Gasteiger partial charge in [-0.2, -0.15) is 0 Å². The fourth-order valence-corrected chi connectivity index (χ4v) is 2.11. The van der Waals surface area contributed by atoms with Crippen LogP contribution in [0.15, 0.2) is 18.3 Å². The van der Waals surface area contributed by atoms with Crippen LogP contribution >= 0.6 is 0 Å². The Bertz CT molecular complexity index is 419. The third kappa shape index (κ3) is 2.46. The van der Waals surface area contributed by atoms with Gasteiger partial charge in [0.1, 0.15) is 6.04 Å². The average molecular weight is 249 g/mol.